The first-order valence-electron chi connectivity index (χ1n) is 10.7. The first-order chi connectivity index (χ1) is 13.2. The predicted octanol–water partition coefficient (Wildman–Crippen LogP) is 5.10. The lowest BCUT2D eigenvalue weighted by Gasteiger charge is -2.34. The maximum Gasteiger partial charge on any atom is 0.410 e. The van der Waals surface area contributed by atoms with Gasteiger partial charge in [-0.05, 0) is 57.4 Å². The summed E-state index contributed by atoms with van der Waals surface area (Å²) < 4.78 is 5.50. The number of nitrogens with one attached hydrogen (secondary N) is 1. The van der Waals surface area contributed by atoms with E-state index in [1.54, 1.807) is 5.57 Å². The van der Waals surface area contributed by atoms with Gasteiger partial charge in [-0.3, -0.25) is 0 Å². The molecule has 1 aromatic carbocycles. The maximum absolute atomic E-state index is 12.2. The molecule has 0 bridgehead atoms. The van der Waals surface area contributed by atoms with Crippen molar-refractivity contribution < 1.29 is 9.53 Å². The van der Waals surface area contributed by atoms with Gasteiger partial charge in [0, 0.05) is 25.2 Å². The second kappa shape index (κ2) is 8.69. The van der Waals surface area contributed by atoms with Gasteiger partial charge >= 0.3 is 6.09 Å². The Bertz CT molecular complexity index is 682. The molecule has 1 saturated heterocycles. The van der Waals surface area contributed by atoms with E-state index in [9.17, 15) is 4.79 Å². The van der Waals surface area contributed by atoms with Crippen molar-refractivity contribution >= 4 is 12.2 Å². The molecule has 2 fully saturated rings. The van der Waals surface area contributed by atoms with Gasteiger partial charge in [0.1, 0.15) is 5.60 Å². The number of nitrogens with zero attached hydrogens (tertiary/aromatic N) is 1. The summed E-state index contributed by atoms with van der Waals surface area (Å²) in [6.07, 6.45) is 5.43. The summed E-state index contributed by atoms with van der Waals surface area (Å²) in [5, 5.41) is 3.85. The molecule has 1 amide bonds. The second-order valence-corrected chi connectivity index (χ2v) is 9.57. The van der Waals surface area contributed by atoms with E-state index in [1.807, 2.05) is 25.7 Å². The number of amides is 1. The number of piperidine rings is 1. The quantitative estimate of drug-likeness (QED) is 0.767. The summed E-state index contributed by atoms with van der Waals surface area (Å²) in [5.74, 6) is 1.20. The standard InChI is InChI=1S/C24H36N2O2/c1-17(2)20(15-18-9-7-6-8-10-18)21-16-22(21)25-19-11-13-26(14-12-19)23(27)28-24(3,4)5/h6-10,15,17,19,21-22,25H,11-14,16H2,1-5H3. The van der Waals surface area contributed by atoms with Gasteiger partial charge in [0.15, 0.2) is 0 Å². The van der Waals surface area contributed by atoms with Crippen molar-refractivity contribution in [3.8, 4) is 0 Å². The smallest absolute Gasteiger partial charge is 0.410 e. The molecule has 154 valence electrons. The lowest BCUT2D eigenvalue weighted by molar-refractivity contribution is 0.0198. The fourth-order valence-corrected chi connectivity index (χ4v) is 4.05. The highest BCUT2D eigenvalue weighted by Crippen LogP contribution is 2.42. The minimum absolute atomic E-state index is 0.178. The molecule has 1 aliphatic heterocycles. The van der Waals surface area contributed by atoms with Crippen molar-refractivity contribution in [2.45, 2.75) is 71.6 Å². The summed E-state index contributed by atoms with van der Waals surface area (Å²) in [4.78, 5) is 14.1. The van der Waals surface area contributed by atoms with Crippen LogP contribution in [0.15, 0.2) is 35.9 Å². The van der Waals surface area contributed by atoms with Crippen LogP contribution in [0.2, 0.25) is 0 Å². The van der Waals surface area contributed by atoms with Gasteiger partial charge in [-0.15, -0.1) is 0 Å². The van der Waals surface area contributed by atoms with E-state index in [-0.39, 0.29) is 6.09 Å². The number of hydrogen-bond donors (Lipinski definition) is 1. The minimum Gasteiger partial charge on any atom is -0.444 e. The number of carbonyl (C=O) groups is 1. The molecular formula is C24H36N2O2. The molecule has 1 aliphatic carbocycles. The molecule has 3 rings (SSSR count). The summed E-state index contributed by atoms with van der Waals surface area (Å²) in [7, 11) is 0. The largest absolute Gasteiger partial charge is 0.444 e. The van der Waals surface area contributed by atoms with Crippen LogP contribution < -0.4 is 5.32 Å². The molecule has 4 nitrogen and oxygen atoms in total. The Labute approximate surface area is 170 Å². The first-order valence-corrected chi connectivity index (χ1v) is 10.7. The van der Waals surface area contributed by atoms with E-state index >= 15 is 0 Å². The third kappa shape index (κ3) is 5.84. The Balaban J connectivity index is 1.49. The number of ether oxygens (including phenoxy) is 1. The minimum atomic E-state index is -0.425. The molecule has 1 N–H and O–H groups in total. The summed E-state index contributed by atoms with van der Waals surface area (Å²) >= 11 is 0. The number of rotatable bonds is 5. The number of hydrogen-bond acceptors (Lipinski definition) is 3. The number of carbonyl (C=O) groups excluding carboxylic acids is 1. The van der Waals surface area contributed by atoms with E-state index < -0.39 is 5.60 Å². The first kappa shape index (κ1) is 20.9. The SMILES string of the molecule is CC(C)C(=Cc1ccccc1)C1CC1NC1CCN(C(=O)OC(C)(C)C)CC1. The van der Waals surface area contributed by atoms with Crippen LogP contribution in [0.5, 0.6) is 0 Å². The lowest BCUT2D eigenvalue weighted by atomic mass is 9.95. The maximum atomic E-state index is 12.2. The van der Waals surface area contributed by atoms with Crippen LogP contribution in [-0.2, 0) is 4.74 Å². The van der Waals surface area contributed by atoms with Crippen molar-refractivity contribution in [3.05, 3.63) is 41.5 Å². The molecule has 1 aromatic rings. The number of likely N-dealkylation sites (tertiary alicyclic amines) is 1. The Kier molecular flexibility index (Phi) is 6.49. The van der Waals surface area contributed by atoms with Crippen LogP contribution in [0.25, 0.3) is 6.08 Å². The van der Waals surface area contributed by atoms with E-state index in [0.29, 0.717) is 23.9 Å². The van der Waals surface area contributed by atoms with E-state index in [4.69, 9.17) is 4.74 Å². The van der Waals surface area contributed by atoms with Crippen molar-refractivity contribution in [2.24, 2.45) is 11.8 Å². The lowest BCUT2D eigenvalue weighted by Crippen LogP contribution is -2.47. The Hall–Kier alpha value is -1.81. The van der Waals surface area contributed by atoms with Crippen LogP contribution in [0.1, 0.15) is 59.4 Å². The normalized spacial score (nSPS) is 23.8. The molecule has 0 radical (unpaired) electrons. The molecule has 0 spiro atoms. The van der Waals surface area contributed by atoms with E-state index in [0.717, 1.165) is 25.9 Å². The average molecular weight is 385 g/mol. The molecule has 1 heterocycles. The average Bonchev–Trinajstić information content (AvgIpc) is 3.38. The van der Waals surface area contributed by atoms with Crippen LogP contribution >= 0.6 is 0 Å². The fraction of sp³-hybridized carbons (Fsp3) is 0.625. The van der Waals surface area contributed by atoms with Crippen LogP contribution in [0.3, 0.4) is 0 Å². The zero-order valence-corrected chi connectivity index (χ0v) is 18.1. The van der Waals surface area contributed by atoms with Crippen molar-refractivity contribution in [1.29, 1.82) is 0 Å². The predicted molar refractivity (Wildman–Crippen MR) is 115 cm³/mol. The van der Waals surface area contributed by atoms with Crippen LogP contribution in [-0.4, -0.2) is 41.8 Å². The van der Waals surface area contributed by atoms with Crippen molar-refractivity contribution in [1.82, 2.24) is 10.2 Å². The molecular weight excluding hydrogens is 348 g/mol. The van der Waals surface area contributed by atoms with Gasteiger partial charge in [-0.1, -0.05) is 55.8 Å². The third-order valence-electron chi connectivity index (χ3n) is 5.61. The Morgan fingerprint density at radius 3 is 2.39 bits per heavy atom. The van der Waals surface area contributed by atoms with Gasteiger partial charge in [-0.25, -0.2) is 4.79 Å². The Morgan fingerprint density at radius 1 is 1.18 bits per heavy atom. The molecule has 4 heteroatoms. The number of benzene rings is 1. The van der Waals surface area contributed by atoms with Crippen molar-refractivity contribution in [3.63, 3.8) is 0 Å². The highest BCUT2D eigenvalue weighted by molar-refractivity contribution is 5.68. The van der Waals surface area contributed by atoms with Gasteiger partial charge in [0.2, 0.25) is 0 Å². The fourth-order valence-electron chi connectivity index (χ4n) is 4.05. The monoisotopic (exact) mass is 384 g/mol. The van der Waals surface area contributed by atoms with Crippen LogP contribution in [0.4, 0.5) is 4.79 Å². The molecule has 1 saturated carbocycles. The zero-order chi connectivity index (χ0) is 20.3. The molecule has 2 unspecified atom stereocenters. The van der Waals surface area contributed by atoms with Gasteiger partial charge in [0.05, 0.1) is 0 Å². The van der Waals surface area contributed by atoms with Gasteiger partial charge in [-0.2, -0.15) is 0 Å². The summed E-state index contributed by atoms with van der Waals surface area (Å²) in [6.45, 7) is 11.9. The molecule has 0 aromatic heterocycles. The van der Waals surface area contributed by atoms with Gasteiger partial charge in [0.25, 0.3) is 0 Å². The second-order valence-electron chi connectivity index (χ2n) is 9.57. The molecule has 2 atom stereocenters. The topological polar surface area (TPSA) is 41.6 Å². The molecule has 2 aliphatic rings. The highest BCUT2D eigenvalue weighted by atomic mass is 16.6. The summed E-state index contributed by atoms with van der Waals surface area (Å²) in [5.41, 5.74) is 2.42. The molecule has 28 heavy (non-hydrogen) atoms. The van der Waals surface area contributed by atoms with Crippen LogP contribution in [0, 0.1) is 11.8 Å². The van der Waals surface area contributed by atoms with E-state index in [2.05, 4.69) is 55.6 Å². The van der Waals surface area contributed by atoms with Crippen molar-refractivity contribution in [2.75, 3.05) is 13.1 Å². The third-order valence-corrected chi connectivity index (χ3v) is 5.61. The van der Waals surface area contributed by atoms with E-state index in [1.165, 1.54) is 12.0 Å². The van der Waals surface area contributed by atoms with Gasteiger partial charge < -0.3 is 15.0 Å². The highest BCUT2D eigenvalue weighted by Gasteiger charge is 2.42. The summed E-state index contributed by atoms with van der Waals surface area (Å²) in [6, 6.07) is 11.7. The zero-order valence-electron chi connectivity index (χ0n) is 18.1. The Morgan fingerprint density at radius 2 is 1.82 bits per heavy atom.